The number of rotatable bonds is 3. The Morgan fingerprint density at radius 2 is 1.94 bits per heavy atom. The lowest BCUT2D eigenvalue weighted by molar-refractivity contribution is 0.393. The highest BCUT2D eigenvalue weighted by molar-refractivity contribution is 5.47. The van der Waals surface area contributed by atoms with Crippen LogP contribution in [0.5, 0.6) is 0 Å². The Bertz CT molecular complexity index is 420. The molecule has 1 aromatic heterocycles. The van der Waals surface area contributed by atoms with Gasteiger partial charge in [0.2, 0.25) is 0 Å². The summed E-state index contributed by atoms with van der Waals surface area (Å²) in [7, 11) is 0. The fourth-order valence-corrected chi connectivity index (χ4v) is 2.73. The van der Waals surface area contributed by atoms with Gasteiger partial charge < -0.3 is 10.6 Å². The first-order valence-electron chi connectivity index (χ1n) is 7.15. The van der Waals surface area contributed by atoms with E-state index in [0.29, 0.717) is 11.7 Å². The minimum Gasteiger partial charge on any atom is -0.384 e. The second-order valence-electron chi connectivity index (χ2n) is 5.62. The fourth-order valence-electron chi connectivity index (χ4n) is 2.73. The Kier molecular flexibility index (Phi) is 3.10. The van der Waals surface area contributed by atoms with Crippen molar-refractivity contribution < 1.29 is 0 Å². The SMILES string of the molecule is CCC1CCN(c2cc(N)nc(C3CC3)n2)CC1. The molecule has 2 aliphatic rings. The zero-order chi connectivity index (χ0) is 12.5. The monoisotopic (exact) mass is 246 g/mol. The van der Waals surface area contributed by atoms with E-state index in [1.54, 1.807) is 0 Å². The lowest BCUT2D eigenvalue weighted by Crippen LogP contribution is -2.34. The molecule has 0 bridgehead atoms. The Morgan fingerprint density at radius 3 is 2.56 bits per heavy atom. The van der Waals surface area contributed by atoms with E-state index in [1.807, 2.05) is 6.07 Å². The topological polar surface area (TPSA) is 55.0 Å². The van der Waals surface area contributed by atoms with E-state index in [9.17, 15) is 0 Å². The molecule has 2 N–H and O–H groups in total. The maximum atomic E-state index is 5.91. The van der Waals surface area contributed by atoms with Gasteiger partial charge >= 0.3 is 0 Å². The quantitative estimate of drug-likeness (QED) is 0.890. The molecule has 1 saturated heterocycles. The van der Waals surface area contributed by atoms with E-state index in [4.69, 9.17) is 10.7 Å². The molecule has 4 heteroatoms. The van der Waals surface area contributed by atoms with Crippen LogP contribution in [0.25, 0.3) is 0 Å². The van der Waals surface area contributed by atoms with Gasteiger partial charge in [-0.3, -0.25) is 0 Å². The number of anilines is 2. The minimum absolute atomic E-state index is 0.570. The van der Waals surface area contributed by atoms with Crippen LogP contribution >= 0.6 is 0 Å². The van der Waals surface area contributed by atoms with Crippen molar-refractivity contribution in [3.63, 3.8) is 0 Å². The Morgan fingerprint density at radius 1 is 1.22 bits per heavy atom. The van der Waals surface area contributed by atoms with Gasteiger partial charge in [0, 0.05) is 25.1 Å². The number of piperidine rings is 1. The van der Waals surface area contributed by atoms with Gasteiger partial charge in [-0.25, -0.2) is 9.97 Å². The number of aromatic nitrogens is 2. The van der Waals surface area contributed by atoms with Crippen LogP contribution in [0.15, 0.2) is 6.07 Å². The Hall–Kier alpha value is -1.32. The molecule has 4 nitrogen and oxygen atoms in total. The lowest BCUT2D eigenvalue weighted by Gasteiger charge is -2.32. The second kappa shape index (κ2) is 4.75. The van der Waals surface area contributed by atoms with E-state index in [1.165, 1.54) is 32.1 Å². The summed E-state index contributed by atoms with van der Waals surface area (Å²) in [6, 6.07) is 1.93. The highest BCUT2D eigenvalue weighted by Crippen LogP contribution is 2.39. The first-order chi connectivity index (χ1) is 8.76. The van der Waals surface area contributed by atoms with E-state index in [0.717, 1.165) is 30.6 Å². The van der Waals surface area contributed by atoms with Gasteiger partial charge in [-0.15, -0.1) is 0 Å². The molecule has 0 radical (unpaired) electrons. The third kappa shape index (κ3) is 2.42. The second-order valence-corrected chi connectivity index (χ2v) is 5.62. The zero-order valence-electron chi connectivity index (χ0n) is 11.1. The summed E-state index contributed by atoms with van der Waals surface area (Å²) in [6.07, 6.45) is 6.30. The summed E-state index contributed by atoms with van der Waals surface area (Å²) in [6.45, 7) is 4.51. The molecule has 2 fully saturated rings. The van der Waals surface area contributed by atoms with Crippen molar-refractivity contribution in [1.29, 1.82) is 0 Å². The van der Waals surface area contributed by atoms with Crippen LogP contribution in [-0.2, 0) is 0 Å². The van der Waals surface area contributed by atoms with Crippen molar-refractivity contribution in [3.8, 4) is 0 Å². The molecule has 0 amide bonds. The van der Waals surface area contributed by atoms with Gasteiger partial charge in [0.15, 0.2) is 0 Å². The van der Waals surface area contributed by atoms with Crippen molar-refractivity contribution in [2.24, 2.45) is 5.92 Å². The summed E-state index contributed by atoms with van der Waals surface area (Å²) >= 11 is 0. The van der Waals surface area contributed by atoms with Gasteiger partial charge in [0.05, 0.1) is 0 Å². The molecule has 0 aromatic carbocycles. The molecule has 1 aliphatic heterocycles. The number of hydrogen-bond acceptors (Lipinski definition) is 4. The summed E-state index contributed by atoms with van der Waals surface area (Å²) in [5.41, 5.74) is 5.91. The van der Waals surface area contributed by atoms with Crippen LogP contribution in [0.3, 0.4) is 0 Å². The predicted octanol–water partition coefficient (Wildman–Crippen LogP) is 2.56. The van der Waals surface area contributed by atoms with Crippen LogP contribution in [0.2, 0.25) is 0 Å². The van der Waals surface area contributed by atoms with Crippen LogP contribution in [0.1, 0.15) is 50.8 Å². The standard InChI is InChI=1S/C14H22N4/c1-2-10-5-7-18(8-6-10)13-9-12(15)16-14(17-13)11-3-4-11/h9-11H,2-8H2,1H3,(H2,15,16,17). The number of nitrogen functional groups attached to an aromatic ring is 1. The molecule has 0 unspecified atom stereocenters. The molecule has 1 aliphatic carbocycles. The smallest absolute Gasteiger partial charge is 0.136 e. The Balaban J connectivity index is 1.75. The number of nitrogens with two attached hydrogens (primary N) is 1. The molecule has 1 saturated carbocycles. The van der Waals surface area contributed by atoms with Crippen molar-refractivity contribution in [2.45, 2.75) is 44.9 Å². The largest absolute Gasteiger partial charge is 0.384 e. The normalized spacial score (nSPS) is 21.3. The van der Waals surface area contributed by atoms with Gasteiger partial charge in [-0.1, -0.05) is 13.3 Å². The molecular formula is C14H22N4. The van der Waals surface area contributed by atoms with Gasteiger partial charge in [-0.2, -0.15) is 0 Å². The predicted molar refractivity (Wildman–Crippen MR) is 73.6 cm³/mol. The highest BCUT2D eigenvalue weighted by atomic mass is 15.2. The summed E-state index contributed by atoms with van der Waals surface area (Å²) in [5, 5.41) is 0. The van der Waals surface area contributed by atoms with Crippen molar-refractivity contribution in [2.75, 3.05) is 23.7 Å². The van der Waals surface area contributed by atoms with Gasteiger partial charge in [0.25, 0.3) is 0 Å². The molecule has 98 valence electrons. The van der Waals surface area contributed by atoms with Crippen LogP contribution in [0, 0.1) is 5.92 Å². The van der Waals surface area contributed by atoms with Crippen molar-refractivity contribution >= 4 is 11.6 Å². The van der Waals surface area contributed by atoms with E-state index in [-0.39, 0.29) is 0 Å². The summed E-state index contributed by atoms with van der Waals surface area (Å²) < 4.78 is 0. The van der Waals surface area contributed by atoms with Crippen molar-refractivity contribution in [3.05, 3.63) is 11.9 Å². The van der Waals surface area contributed by atoms with Crippen LogP contribution in [-0.4, -0.2) is 23.1 Å². The Labute approximate surface area is 109 Å². The van der Waals surface area contributed by atoms with Crippen LogP contribution < -0.4 is 10.6 Å². The van der Waals surface area contributed by atoms with E-state index < -0.39 is 0 Å². The molecular weight excluding hydrogens is 224 g/mol. The average molecular weight is 246 g/mol. The summed E-state index contributed by atoms with van der Waals surface area (Å²) in [4.78, 5) is 11.4. The summed E-state index contributed by atoms with van der Waals surface area (Å²) in [5.74, 6) is 4.09. The van der Waals surface area contributed by atoms with Gasteiger partial charge in [-0.05, 0) is 31.6 Å². The maximum absolute atomic E-state index is 5.91. The lowest BCUT2D eigenvalue weighted by atomic mass is 9.94. The van der Waals surface area contributed by atoms with E-state index >= 15 is 0 Å². The third-order valence-electron chi connectivity index (χ3n) is 4.21. The molecule has 0 atom stereocenters. The molecule has 0 spiro atoms. The molecule has 1 aromatic rings. The molecule has 3 rings (SSSR count). The number of hydrogen-bond donors (Lipinski definition) is 1. The fraction of sp³-hybridized carbons (Fsp3) is 0.714. The minimum atomic E-state index is 0.570. The van der Waals surface area contributed by atoms with E-state index in [2.05, 4.69) is 16.8 Å². The van der Waals surface area contributed by atoms with Crippen LogP contribution in [0.4, 0.5) is 11.6 Å². The first-order valence-corrected chi connectivity index (χ1v) is 7.15. The van der Waals surface area contributed by atoms with Gasteiger partial charge in [0.1, 0.15) is 17.5 Å². The maximum Gasteiger partial charge on any atom is 0.136 e. The highest BCUT2D eigenvalue weighted by Gasteiger charge is 2.28. The zero-order valence-corrected chi connectivity index (χ0v) is 11.1. The molecule has 2 heterocycles. The van der Waals surface area contributed by atoms with Crippen molar-refractivity contribution in [1.82, 2.24) is 9.97 Å². The first kappa shape index (κ1) is 11.8. The molecule has 18 heavy (non-hydrogen) atoms. The number of nitrogens with zero attached hydrogens (tertiary/aromatic N) is 3. The average Bonchev–Trinajstić information content (AvgIpc) is 3.22. The third-order valence-corrected chi connectivity index (χ3v) is 4.21.